The van der Waals surface area contributed by atoms with Gasteiger partial charge in [0.1, 0.15) is 5.75 Å². The largest absolute Gasteiger partial charge is 0.497 e. The maximum absolute atomic E-state index is 13.8. The van der Waals surface area contributed by atoms with Crippen LogP contribution < -0.4 is 30.5 Å². The van der Waals surface area contributed by atoms with Gasteiger partial charge in [0.15, 0.2) is 0 Å². The van der Waals surface area contributed by atoms with Crippen LogP contribution >= 0.6 is 0 Å². The summed E-state index contributed by atoms with van der Waals surface area (Å²) in [5, 5.41) is 21.2. The van der Waals surface area contributed by atoms with E-state index in [1.54, 1.807) is 12.0 Å². The quantitative estimate of drug-likeness (QED) is 0.263. The van der Waals surface area contributed by atoms with Crippen LogP contribution in [-0.2, 0) is 17.8 Å². The summed E-state index contributed by atoms with van der Waals surface area (Å²) in [5.74, 6) is 0.575. The Morgan fingerprint density at radius 1 is 1.05 bits per heavy atom. The van der Waals surface area contributed by atoms with Crippen LogP contribution in [0.2, 0.25) is 0 Å². The molecule has 4 N–H and O–H groups in total. The van der Waals surface area contributed by atoms with E-state index >= 15 is 0 Å². The predicted octanol–water partition coefficient (Wildman–Crippen LogP) is 3.57. The molecule has 3 aromatic carbocycles. The number of hydrogen-bond acceptors (Lipinski definition) is 7. The number of rotatable bonds is 12. The molecule has 0 unspecified atom stereocenters. The molecule has 0 spiro atoms. The summed E-state index contributed by atoms with van der Waals surface area (Å²) >= 11 is 0. The molecule has 2 aliphatic rings. The second-order valence-electron chi connectivity index (χ2n) is 10.9. The first-order valence-electron chi connectivity index (χ1n) is 14.8. The first kappa shape index (κ1) is 29.4. The highest BCUT2D eigenvalue weighted by molar-refractivity contribution is 6.05. The molecule has 0 radical (unpaired) electrons. The number of carbonyl (C=O) groups is 2. The molecule has 0 aliphatic carbocycles. The number of aliphatic hydroxyl groups is 1. The standard InChI is InChI=1S/C33H41N5O4/c1-3-37-16-14-35-32-28(37)19-25(20-29(32)38-15-8-13-31(38)40)33(41)36-27(18-23-9-5-4-6-10-23)30(39)22-34-21-24-11-7-12-26(17-24)42-2/h4-7,9-12,17,19-20,27,30,34-35,39H,3,8,13-16,18,21-22H2,1-2H3,(H,36,41)/t27-,30+/m0/s1. The highest BCUT2D eigenvalue weighted by Gasteiger charge is 2.30. The van der Waals surface area contributed by atoms with Gasteiger partial charge in [0.2, 0.25) is 5.91 Å². The minimum atomic E-state index is -0.842. The van der Waals surface area contributed by atoms with Crippen LogP contribution in [0.3, 0.4) is 0 Å². The van der Waals surface area contributed by atoms with Gasteiger partial charge in [-0.3, -0.25) is 9.59 Å². The summed E-state index contributed by atoms with van der Waals surface area (Å²) in [6.07, 6.45) is 0.942. The van der Waals surface area contributed by atoms with E-state index in [-0.39, 0.29) is 11.8 Å². The number of anilines is 3. The van der Waals surface area contributed by atoms with Crippen molar-refractivity contribution < 1.29 is 19.4 Å². The summed E-state index contributed by atoms with van der Waals surface area (Å²) in [7, 11) is 1.64. The van der Waals surface area contributed by atoms with Gasteiger partial charge in [0.05, 0.1) is 36.3 Å². The zero-order valence-electron chi connectivity index (χ0n) is 24.4. The third-order valence-electron chi connectivity index (χ3n) is 8.03. The second-order valence-corrected chi connectivity index (χ2v) is 10.9. The van der Waals surface area contributed by atoms with Crippen molar-refractivity contribution in [3.8, 4) is 5.75 Å². The third kappa shape index (κ3) is 6.86. The first-order chi connectivity index (χ1) is 20.5. The van der Waals surface area contributed by atoms with E-state index in [1.807, 2.05) is 66.7 Å². The zero-order valence-corrected chi connectivity index (χ0v) is 24.4. The van der Waals surface area contributed by atoms with E-state index in [4.69, 9.17) is 4.74 Å². The first-order valence-corrected chi connectivity index (χ1v) is 14.8. The van der Waals surface area contributed by atoms with Crippen molar-refractivity contribution in [1.82, 2.24) is 10.6 Å². The molecular formula is C33H41N5O4. The fourth-order valence-electron chi connectivity index (χ4n) is 5.75. The molecule has 2 heterocycles. The van der Waals surface area contributed by atoms with Gasteiger partial charge >= 0.3 is 0 Å². The molecule has 0 bridgehead atoms. The van der Waals surface area contributed by atoms with Crippen molar-refractivity contribution in [3.05, 3.63) is 83.4 Å². The molecule has 1 fully saturated rings. The number of methoxy groups -OCH3 is 1. The van der Waals surface area contributed by atoms with Crippen LogP contribution in [0.1, 0.15) is 41.3 Å². The maximum atomic E-state index is 13.8. The van der Waals surface area contributed by atoms with Crippen molar-refractivity contribution in [3.63, 3.8) is 0 Å². The van der Waals surface area contributed by atoms with Crippen LogP contribution in [0.5, 0.6) is 5.75 Å². The van der Waals surface area contributed by atoms with Crippen molar-refractivity contribution in [2.75, 3.05) is 55.0 Å². The summed E-state index contributed by atoms with van der Waals surface area (Å²) in [6.45, 7) is 5.96. The molecule has 2 aliphatic heterocycles. The van der Waals surface area contributed by atoms with Gasteiger partial charge in [-0.25, -0.2) is 0 Å². The third-order valence-corrected chi connectivity index (χ3v) is 8.03. The summed E-state index contributed by atoms with van der Waals surface area (Å²) < 4.78 is 5.31. The summed E-state index contributed by atoms with van der Waals surface area (Å²) in [4.78, 5) is 30.6. The molecular weight excluding hydrogens is 530 g/mol. The van der Waals surface area contributed by atoms with E-state index in [9.17, 15) is 14.7 Å². The molecule has 9 nitrogen and oxygen atoms in total. The normalized spacial score (nSPS) is 16.0. The highest BCUT2D eigenvalue weighted by Crippen LogP contribution is 2.40. The predicted molar refractivity (Wildman–Crippen MR) is 167 cm³/mol. The minimum absolute atomic E-state index is 0.0738. The van der Waals surface area contributed by atoms with Crippen LogP contribution in [0.25, 0.3) is 0 Å². The number of nitrogens with zero attached hydrogens (tertiary/aromatic N) is 2. The second kappa shape index (κ2) is 13.7. The summed E-state index contributed by atoms with van der Waals surface area (Å²) in [5.41, 5.74) is 5.10. The summed E-state index contributed by atoms with van der Waals surface area (Å²) in [6, 6.07) is 20.8. The van der Waals surface area contributed by atoms with Crippen LogP contribution in [0.4, 0.5) is 17.1 Å². The average molecular weight is 572 g/mol. The van der Waals surface area contributed by atoms with E-state index in [2.05, 4.69) is 27.8 Å². The topological polar surface area (TPSA) is 106 Å². The molecule has 9 heteroatoms. The lowest BCUT2D eigenvalue weighted by Crippen LogP contribution is -2.48. The van der Waals surface area contributed by atoms with Gasteiger partial charge < -0.3 is 35.6 Å². The van der Waals surface area contributed by atoms with Gasteiger partial charge in [0, 0.05) is 51.3 Å². The Bertz CT molecular complexity index is 1380. The smallest absolute Gasteiger partial charge is 0.251 e. The molecule has 2 atom stereocenters. The SMILES string of the molecule is CCN1CCNc2c1cc(C(=O)N[C@@H](Cc1ccccc1)[C@H](O)CNCc1cccc(OC)c1)cc2N1CCCC1=O. The molecule has 0 saturated carbocycles. The van der Waals surface area contributed by atoms with Crippen LogP contribution in [0.15, 0.2) is 66.7 Å². The molecule has 0 aromatic heterocycles. The molecule has 3 aromatic rings. The van der Waals surface area contributed by atoms with Crippen molar-refractivity contribution in [2.24, 2.45) is 0 Å². The number of benzene rings is 3. The molecule has 1 saturated heterocycles. The lowest BCUT2D eigenvalue weighted by Gasteiger charge is -2.34. The number of carbonyl (C=O) groups excluding carboxylic acids is 2. The number of likely N-dealkylation sites (N-methyl/N-ethyl adjacent to an activating group) is 1. The Labute approximate surface area is 247 Å². The van der Waals surface area contributed by atoms with Crippen LogP contribution in [0, 0.1) is 0 Å². The fraction of sp³-hybridized carbons (Fsp3) is 0.394. The Kier molecular flexibility index (Phi) is 9.61. The zero-order chi connectivity index (χ0) is 29.5. The van der Waals surface area contributed by atoms with Gasteiger partial charge in [0.25, 0.3) is 5.91 Å². The number of nitrogens with one attached hydrogen (secondary N) is 3. The van der Waals surface area contributed by atoms with Crippen molar-refractivity contribution in [2.45, 2.75) is 44.9 Å². The van der Waals surface area contributed by atoms with E-state index in [0.717, 1.165) is 60.0 Å². The minimum Gasteiger partial charge on any atom is -0.497 e. The highest BCUT2D eigenvalue weighted by atomic mass is 16.5. The number of aliphatic hydroxyl groups excluding tert-OH is 1. The van der Waals surface area contributed by atoms with E-state index in [1.165, 1.54) is 0 Å². The van der Waals surface area contributed by atoms with E-state index in [0.29, 0.717) is 38.0 Å². The Morgan fingerprint density at radius 2 is 1.83 bits per heavy atom. The Balaban J connectivity index is 1.37. The van der Waals surface area contributed by atoms with E-state index < -0.39 is 12.1 Å². The molecule has 5 rings (SSSR count). The Hall–Kier alpha value is -4.08. The van der Waals surface area contributed by atoms with Crippen molar-refractivity contribution in [1.29, 1.82) is 0 Å². The monoisotopic (exact) mass is 571 g/mol. The van der Waals surface area contributed by atoms with Crippen molar-refractivity contribution >= 4 is 28.9 Å². The molecule has 222 valence electrons. The Morgan fingerprint density at radius 3 is 2.57 bits per heavy atom. The van der Waals surface area contributed by atoms with Gasteiger partial charge in [-0.2, -0.15) is 0 Å². The average Bonchev–Trinajstić information content (AvgIpc) is 3.45. The number of ether oxygens (including phenoxy) is 1. The number of amides is 2. The lowest BCUT2D eigenvalue weighted by molar-refractivity contribution is -0.117. The molecule has 42 heavy (non-hydrogen) atoms. The number of hydrogen-bond donors (Lipinski definition) is 4. The van der Waals surface area contributed by atoms with Crippen LogP contribution in [-0.4, -0.2) is 68.9 Å². The van der Waals surface area contributed by atoms with Gasteiger partial charge in [-0.05, 0) is 55.2 Å². The fourth-order valence-corrected chi connectivity index (χ4v) is 5.75. The maximum Gasteiger partial charge on any atom is 0.251 e. The van der Waals surface area contributed by atoms with Gasteiger partial charge in [-0.1, -0.05) is 42.5 Å². The molecule has 2 amide bonds. The van der Waals surface area contributed by atoms with Gasteiger partial charge in [-0.15, -0.1) is 0 Å². The number of fused-ring (bicyclic) bond motifs is 1. The lowest BCUT2D eigenvalue weighted by atomic mass is 9.99.